The summed E-state index contributed by atoms with van der Waals surface area (Å²) in [7, 11) is 0. The van der Waals surface area contributed by atoms with E-state index in [9.17, 15) is 14.4 Å². The normalized spacial score (nSPS) is 26.2. The average Bonchev–Trinajstić information content (AvgIpc) is 3.82. The number of carbonyl (C=O) groups excluding carboxylic acids is 3. The van der Waals surface area contributed by atoms with E-state index in [2.05, 4.69) is 51.7 Å². The SMILES string of the molecule is C=C1/C(=C\C=C2/CCC[C@]3(C)[C@@H]([C@H](C)/C=C/[C@@H](OC(=O)c4ccccc4)C4(c5ncc(CCCC)o5)CC4)CC[C@@H]23)C[C@@H](OC(=O)c2ccccc2)C[C@@H]1OC(=O)c1ccccc1. The molecule has 0 N–H and O–H groups in total. The molecular formula is C55H61NO7. The molecule has 8 nitrogen and oxygen atoms in total. The van der Waals surface area contributed by atoms with Gasteiger partial charge in [0.25, 0.3) is 0 Å². The molecule has 4 fully saturated rings. The van der Waals surface area contributed by atoms with Gasteiger partial charge in [-0.2, -0.15) is 0 Å². The Morgan fingerprint density at radius 2 is 1.48 bits per heavy atom. The van der Waals surface area contributed by atoms with Crippen LogP contribution in [-0.2, 0) is 26.0 Å². The van der Waals surface area contributed by atoms with Crippen LogP contribution in [0.5, 0.6) is 0 Å². The zero-order valence-corrected chi connectivity index (χ0v) is 37.0. The summed E-state index contributed by atoms with van der Waals surface area (Å²) in [5, 5.41) is 0. The van der Waals surface area contributed by atoms with Crippen molar-refractivity contribution in [2.75, 3.05) is 0 Å². The summed E-state index contributed by atoms with van der Waals surface area (Å²) in [4.78, 5) is 44.8. The molecule has 1 heterocycles. The third-order valence-corrected chi connectivity index (χ3v) is 14.4. The second kappa shape index (κ2) is 19.3. The van der Waals surface area contributed by atoms with Crippen LogP contribution in [0.15, 0.2) is 149 Å². The van der Waals surface area contributed by atoms with E-state index in [0.29, 0.717) is 47.3 Å². The van der Waals surface area contributed by atoms with Crippen molar-refractivity contribution in [2.45, 2.75) is 122 Å². The van der Waals surface area contributed by atoms with E-state index >= 15 is 0 Å². The molecule has 8 rings (SSSR count). The number of aryl methyl sites for hydroxylation is 1. The topological polar surface area (TPSA) is 105 Å². The number of esters is 3. The maximum atomic E-state index is 13.6. The van der Waals surface area contributed by atoms with Crippen molar-refractivity contribution in [1.82, 2.24) is 4.98 Å². The fourth-order valence-corrected chi connectivity index (χ4v) is 10.6. The fraction of sp³-hybridized carbons (Fsp3) is 0.418. The first-order valence-electron chi connectivity index (χ1n) is 23.1. The van der Waals surface area contributed by atoms with Crippen LogP contribution in [-0.4, -0.2) is 41.2 Å². The quantitative estimate of drug-likeness (QED) is 0.0662. The monoisotopic (exact) mass is 847 g/mol. The molecule has 4 aromatic rings. The lowest BCUT2D eigenvalue weighted by atomic mass is 9.61. The van der Waals surface area contributed by atoms with E-state index in [1.54, 1.807) is 36.4 Å². The Kier molecular flexibility index (Phi) is 13.5. The molecule has 4 aliphatic carbocycles. The molecule has 0 spiro atoms. The number of rotatable bonds is 15. The number of fused-ring (bicyclic) bond motifs is 1. The number of carbonyl (C=O) groups is 3. The third kappa shape index (κ3) is 9.75. The number of ether oxygens (including phenoxy) is 3. The first kappa shape index (κ1) is 43.9. The molecule has 0 bridgehead atoms. The van der Waals surface area contributed by atoms with Crippen LogP contribution in [0.3, 0.4) is 0 Å². The minimum absolute atomic E-state index is 0.0850. The Balaban J connectivity index is 1.01. The third-order valence-electron chi connectivity index (χ3n) is 14.4. The highest BCUT2D eigenvalue weighted by Crippen LogP contribution is 2.60. The number of allylic oxidation sites excluding steroid dienone is 4. The van der Waals surface area contributed by atoms with Gasteiger partial charge in [0.2, 0.25) is 5.89 Å². The highest BCUT2D eigenvalue weighted by atomic mass is 16.6. The van der Waals surface area contributed by atoms with Crippen molar-refractivity contribution in [1.29, 1.82) is 0 Å². The highest BCUT2D eigenvalue weighted by molar-refractivity contribution is 5.90. The summed E-state index contributed by atoms with van der Waals surface area (Å²) in [5.41, 5.74) is 4.19. The van der Waals surface area contributed by atoms with Gasteiger partial charge in [0, 0.05) is 19.3 Å². The Morgan fingerprint density at radius 3 is 2.11 bits per heavy atom. The molecular weight excluding hydrogens is 787 g/mol. The van der Waals surface area contributed by atoms with E-state index in [4.69, 9.17) is 23.6 Å². The average molecular weight is 848 g/mol. The minimum Gasteiger partial charge on any atom is -0.458 e. The van der Waals surface area contributed by atoms with Gasteiger partial charge in [-0.3, -0.25) is 0 Å². The van der Waals surface area contributed by atoms with Crippen molar-refractivity contribution in [3.63, 3.8) is 0 Å². The van der Waals surface area contributed by atoms with Crippen LogP contribution in [0.4, 0.5) is 0 Å². The molecule has 0 amide bonds. The van der Waals surface area contributed by atoms with Crippen LogP contribution in [0.2, 0.25) is 0 Å². The van der Waals surface area contributed by atoms with Gasteiger partial charge in [-0.05, 0) is 128 Å². The summed E-state index contributed by atoms with van der Waals surface area (Å²) < 4.78 is 24.8. The number of nitrogens with zero attached hydrogens (tertiary/aromatic N) is 1. The lowest BCUT2D eigenvalue weighted by molar-refractivity contribution is 0.00211. The number of hydrogen-bond acceptors (Lipinski definition) is 8. The van der Waals surface area contributed by atoms with Gasteiger partial charge in [0.15, 0.2) is 0 Å². The molecule has 3 aromatic carbocycles. The van der Waals surface area contributed by atoms with Crippen molar-refractivity contribution in [2.24, 2.45) is 23.2 Å². The van der Waals surface area contributed by atoms with Crippen LogP contribution < -0.4 is 0 Å². The number of aromatic nitrogens is 1. The Hall–Kier alpha value is -5.76. The summed E-state index contributed by atoms with van der Waals surface area (Å²) >= 11 is 0. The van der Waals surface area contributed by atoms with E-state index in [1.807, 2.05) is 60.8 Å². The molecule has 0 unspecified atom stereocenters. The van der Waals surface area contributed by atoms with Crippen molar-refractivity contribution in [3.8, 4) is 0 Å². The molecule has 0 aliphatic heterocycles. The molecule has 4 aliphatic rings. The molecule has 0 saturated heterocycles. The van der Waals surface area contributed by atoms with E-state index in [1.165, 1.54) is 5.57 Å². The van der Waals surface area contributed by atoms with Gasteiger partial charge in [0.05, 0.1) is 28.3 Å². The molecule has 328 valence electrons. The van der Waals surface area contributed by atoms with Gasteiger partial charge >= 0.3 is 17.9 Å². The highest BCUT2D eigenvalue weighted by Gasteiger charge is 2.56. The molecule has 7 atom stereocenters. The van der Waals surface area contributed by atoms with Gasteiger partial charge in [-0.1, -0.05) is 112 Å². The van der Waals surface area contributed by atoms with Crippen LogP contribution in [0, 0.1) is 23.2 Å². The van der Waals surface area contributed by atoms with Crippen molar-refractivity contribution < 1.29 is 33.0 Å². The number of hydrogen-bond donors (Lipinski definition) is 0. The van der Waals surface area contributed by atoms with Crippen molar-refractivity contribution in [3.05, 3.63) is 173 Å². The summed E-state index contributed by atoms with van der Waals surface area (Å²) in [5.74, 6) is 1.48. The molecule has 4 saturated carbocycles. The molecule has 0 radical (unpaired) electrons. The number of unbranched alkanes of at least 4 members (excludes halogenated alkanes) is 1. The largest absolute Gasteiger partial charge is 0.458 e. The van der Waals surface area contributed by atoms with Gasteiger partial charge in [-0.25, -0.2) is 19.4 Å². The van der Waals surface area contributed by atoms with Crippen LogP contribution >= 0.6 is 0 Å². The predicted molar refractivity (Wildman–Crippen MR) is 244 cm³/mol. The zero-order chi connectivity index (χ0) is 44.0. The van der Waals surface area contributed by atoms with Gasteiger partial charge < -0.3 is 18.6 Å². The van der Waals surface area contributed by atoms with E-state index in [-0.39, 0.29) is 17.3 Å². The molecule has 8 heteroatoms. The Morgan fingerprint density at radius 1 is 0.841 bits per heavy atom. The minimum atomic E-state index is -0.637. The maximum Gasteiger partial charge on any atom is 0.338 e. The second-order valence-corrected chi connectivity index (χ2v) is 18.5. The maximum absolute atomic E-state index is 13.6. The lowest BCUT2D eigenvalue weighted by Crippen LogP contribution is -2.36. The summed E-state index contributed by atoms with van der Waals surface area (Å²) in [6, 6.07) is 27.1. The summed E-state index contributed by atoms with van der Waals surface area (Å²) in [6.45, 7) is 11.4. The van der Waals surface area contributed by atoms with E-state index < -0.39 is 35.7 Å². The lowest BCUT2D eigenvalue weighted by Gasteiger charge is -2.44. The predicted octanol–water partition coefficient (Wildman–Crippen LogP) is 12.3. The van der Waals surface area contributed by atoms with Crippen LogP contribution in [0.1, 0.15) is 134 Å². The first-order valence-corrected chi connectivity index (χ1v) is 23.1. The first-order chi connectivity index (χ1) is 30.6. The van der Waals surface area contributed by atoms with Crippen LogP contribution in [0.25, 0.3) is 0 Å². The van der Waals surface area contributed by atoms with Gasteiger partial charge in [-0.15, -0.1) is 0 Å². The smallest absolute Gasteiger partial charge is 0.338 e. The van der Waals surface area contributed by atoms with Gasteiger partial charge in [0.1, 0.15) is 24.1 Å². The van der Waals surface area contributed by atoms with Crippen molar-refractivity contribution >= 4 is 17.9 Å². The standard InChI is InChI=1S/C55H61NO7/c1-5-6-24-44-36-56-53(61-44)55(32-33-55)49(63-52(59)42-21-14-9-15-22-42)30-25-37(2)46-28-29-47-39(23-16-31-54(46,47)4)26-27-43-34-45(60-50(57)40-17-10-7-11-18-40)35-48(38(43)3)62-51(58)41-19-12-8-13-20-41/h7-15,17-22,25-27,30,36-37,45-49H,3,5-6,16,23-24,28-29,31-35H2,1-2,4H3/b30-25+,39-26+,43-27-/t37-,45-,46-,47+,48+,49-,54-/m1/s1. The number of benzene rings is 3. The number of oxazole rings is 1. The van der Waals surface area contributed by atoms with E-state index in [0.717, 1.165) is 81.1 Å². The zero-order valence-electron chi connectivity index (χ0n) is 37.0. The summed E-state index contributed by atoms with van der Waals surface area (Å²) in [6.07, 6.45) is 20.0. The fourth-order valence-electron chi connectivity index (χ4n) is 10.6. The molecule has 1 aromatic heterocycles. The Bertz CT molecular complexity index is 2340. The Labute approximate surface area is 372 Å². The molecule has 63 heavy (non-hydrogen) atoms. The second-order valence-electron chi connectivity index (χ2n) is 18.5.